The molecule has 1 fully saturated rings. The molecule has 26 heavy (non-hydrogen) atoms. The highest BCUT2D eigenvalue weighted by Gasteiger charge is 2.35. The van der Waals surface area contributed by atoms with Crippen molar-refractivity contribution in [2.24, 2.45) is 7.05 Å². The zero-order chi connectivity index (χ0) is 18.4. The Morgan fingerprint density at radius 2 is 2.19 bits per heavy atom. The third-order valence-electron chi connectivity index (χ3n) is 4.35. The summed E-state index contributed by atoms with van der Waals surface area (Å²) in [5, 5.41) is 15.0. The molecule has 0 radical (unpaired) electrons. The first-order valence-electron chi connectivity index (χ1n) is 8.77. The van der Waals surface area contributed by atoms with E-state index in [9.17, 15) is 9.90 Å². The lowest BCUT2D eigenvalue weighted by molar-refractivity contribution is -0.134. The Kier molecular flexibility index (Phi) is 5.90. The van der Waals surface area contributed by atoms with Crippen molar-refractivity contribution < 1.29 is 19.4 Å². The van der Waals surface area contributed by atoms with Crippen LogP contribution in [0.2, 0.25) is 0 Å². The summed E-state index contributed by atoms with van der Waals surface area (Å²) in [6.45, 7) is 1.30. The van der Waals surface area contributed by atoms with E-state index in [0.29, 0.717) is 31.7 Å². The van der Waals surface area contributed by atoms with Crippen LogP contribution in [0.5, 0.6) is 5.75 Å². The SMILES string of the molecule is Cn1cc(CCC(=O)N2CCOC[C@@](O)(COc3ccccc3)C2)cn1. The number of nitrogens with zero attached hydrogens (tertiary/aromatic N) is 3. The summed E-state index contributed by atoms with van der Waals surface area (Å²) < 4.78 is 12.9. The van der Waals surface area contributed by atoms with Crippen LogP contribution in [0, 0.1) is 0 Å². The van der Waals surface area contributed by atoms with E-state index < -0.39 is 5.60 Å². The van der Waals surface area contributed by atoms with Gasteiger partial charge in [-0.2, -0.15) is 5.10 Å². The molecule has 0 unspecified atom stereocenters. The number of β-amino-alcohol motifs (C(OH)–C–C–N with tert-alkyl or cyclic N) is 1. The van der Waals surface area contributed by atoms with Crippen LogP contribution in [-0.4, -0.2) is 64.2 Å². The van der Waals surface area contributed by atoms with E-state index in [1.807, 2.05) is 43.6 Å². The zero-order valence-electron chi connectivity index (χ0n) is 15.0. The molecule has 1 atom stereocenters. The van der Waals surface area contributed by atoms with Gasteiger partial charge in [-0.15, -0.1) is 0 Å². The predicted octanol–water partition coefficient (Wildman–Crippen LogP) is 1.02. The number of aliphatic hydroxyl groups is 1. The third-order valence-corrected chi connectivity index (χ3v) is 4.35. The highest BCUT2D eigenvalue weighted by atomic mass is 16.5. The Morgan fingerprint density at radius 1 is 1.38 bits per heavy atom. The quantitative estimate of drug-likeness (QED) is 0.833. The van der Waals surface area contributed by atoms with Crippen molar-refractivity contribution >= 4 is 5.91 Å². The number of amides is 1. The number of carbonyl (C=O) groups excluding carboxylic acids is 1. The van der Waals surface area contributed by atoms with Crippen molar-refractivity contribution in [1.82, 2.24) is 14.7 Å². The van der Waals surface area contributed by atoms with Crippen LogP contribution in [0.3, 0.4) is 0 Å². The molecule has 1 N–H and O–H groups in total. The molecule has 2 aromatic rings. The molecule has 7 nitrogen and oxygen atoms in total. The van der Waals surface area contributed by atoms with Gasteiger partial charge >= 0.3 is 0 Å². The van der Waals surface area contributed by atoms with Gasteiger partial charge in [-0.3, -0.25) is 9.48 Å². The van der Waals surface area contributed by atoms with Crippen molar-refractivity contribution in [2.45, 2.75) is 18.4 Å². The summed E-state index contributed by atoms with van der Waals surface area (Å²) >= 11 is 0. The lowest BCUT2D eigenvalue weighted by Crippen LogP contribution is -2.50. The number of para-hydroxylation sites is 1. The average Bonchev–Trinajstić information content (AvgIpc) is 2.96. The fraction of sp³-hybridized carbons (Fsp3) is 0.474. The van der Waals surface area contributed by atoms with Crippen LogP contribution in [0.4, 0.5) is 0 Å². The number of hydrogen-bond donors (Lipinski definition) is 1. The standard InChI is InChI=1S/C19H25N3O4/c1-21-12-16(11-20-21)7-8-18(23)22-9-10-25-14-19(24,13-22)15-26-17-5-3-2-4-6-17/h2-6,11-12,24H,7-10,13-15H2,1H3/t19-/m1/s1. The van der Waals surface area contributed by atoms with Crippen LogP contribution in [0.1, 0.15) is 12.0 Å². The molecule has 0 bridgehead atoms. The molecule has 1 aromatic carbocycles. The molecule has 140 valence electrons. The number of carbonyl (C=O) groups is 1. The first kappa shape index (κ1) is 18.4. The van der Waals surface area contributed by atoms with Crippen LogP contribution < -0.4 is 4.74 Å². The average molecular weight is 359 g/mol. The van der Waals surface area contributed by atoms with E-state index >= 15 is 0 Å². The molecular formula is C19H25N3O4. The summed E-state index contributed by atoms with van der Waals surface area (Å²) in [6, 6.07) is 9.31. The smallest absolute Gasteiger partial charge is 0.223 e. The summed E-state index contributed by atoms with van der Waals surface area (Å²) in [7, 11) is 1.85. The predicted molar refractivity (Wildman–Crippen MR) is 95.8 cm³/mol. The first-order valence-corrected chi connectivity index (χ1v) is 8.77. The first-order chi connectivity index (χ1) is 12.5. The van der Waals surface area contributed by atoms with Gasteiger partial charge in [-0.05, 0) is 24.1 Å². The molecule has 2 heterocycles. The second-order valence-electron chi connectivity index (χ2n) is 6.72. The minimum atomic E-state index is -1.23. The van der Waals surface area contributed by atoms with E-state index in [2.05, 4.69) is 5.10 Å². The fourth-order valence-corrected chi connectivity index (χ4v) is 2.96. The van der Waals surface area contributed by atoms with Crippen molar-refractivity contribution in [2.75, 3.05) is 32.9 Å². The highest BCUT2D eigenvalue weighted by Crippen LogP contribution is 2.17. The van der Waals surface area contributed by atoms with E-state index in [-0.39, 0.29) is 25.7 Å². The molecule has 1 saturated heterocycles. The molecule has 0 spiro atoms. The minimum absolute atomic E-state index is 0.00232. The largest absolute Gasteiger partial charge is 0.490 e. The number of hydrogen-bond acceptors (Lipinski definition) is 5. The lowest BCUT2D eigenvalue weighted by Gasteiger charge is -2.30. The summed E-state index contributed by atoms with van der Waals surface area (Å²) in [6.07, 6.45) is 4.68. The monoisotopic (exact) mass is 359 g/mol. The van der Waals surface area contributed by atoms with Gasteiger partial charge in [0.1, 0.15) is 18.0 Å². The van der Waals surface area contributed by atoms with Gasteiger partial charge in [0.2, 0.25) is 5.91 Å². The molecule has 0 aliphatic carbocycles. The normalized spacial score (nSPS) is 20.6. The number of rotatable bonds is 6. The fourth-order valence-electron chi connectivity index (χ4n) is 2.96. The summed E-state index contributed by atoms with van der Waals surface area (Å²) in [5.74, 6) is 0.678. The van der Waals surface area contributed by atoms with Gasteiger partial charge in [0.25, 0.3) is 0 Å². The maximum Gasteiger partial charge on any atom is 0.223 e. The molecule has 0 saturated carbocycles. The molecule has 1 aliphatic rings. The van der Waals surface area contributed by atoms with Gasteiger partial charge < -0.3 is 19.5 Å². The van der Waals surface area contributed by atoms with E-state index in [0.717, 1.165) is 5.56 Å². The van der Waals surface area contributed by atoms with E-state index in [1.165, 1.54) is 0 Å². The van der Waals surface area contributed by atoms with E-state index in [4.69, 9.17) is 9.47 Å². The van der Waals surface area contributed by atoms with Crippen LogP contribution >= 0.6 is 0 Å². The molecule has 3 rings (SSSR count). The van der Waals surface area contributed by atoms with Crippen LogP contribution in [0.15, 0.2) is 42.7 Å². The Morgan fingerprint density at radius 3 is 2.92 bits per heavy atom. The Hall–Kier alpha value is -2.38. The lowest BCUT2D eigenvalue weighted by atomic mass is 10.1. The Bertz CT molecular complexity index is 719. The third kappa shape index (κ3) is 5.06. The van der Waals surface area contributed by atoms with Crippen molar-refractivity contribution in [1.29, 1.82) is 0 Å². The number of aryl methyl sites for hydroxylation is 2. The minimum Gasteiger partial charge on any atom is -0.490 e. The molecule has 1 amide bonds. The topological polar surface area (TPSA) is 76.8 Å². The number of aromatic nitrogens is 2. The highest BCUT2D eigenvalue weighted by molar-refractivity contribution is 5.76. The van der Waals surface area contributed by atoms with Gasteiger partial charge in [-0.25, -0.2) is 0 Å². The molecule has 1 aliphatic heterocycles. The Labute approximate surface area is 153 Å². The van der Waals surface area contributed by atoms with Crippen molar-refractivity contribution in [3.05, 3.63) is 48.3 Å². The summed E-state index contributed by atoms with van der Waals surface area (Å²) in [5.41, 5.74) is -0.203. The molecule has 7 heteroatoms. The maximum absolute atomic E-state index is 12.6. The number of ether oxygens (including phenoxy) is 2. The summed E-state index contributed by atoms with van der Waals surface area (Å²) in [4.78, 5) is 14.2. The van der Waals surface area contributed by atoms with Crippen LogP contribution in [-0.2, 0) is 23.0 Å². The van der Waals surface area contributed by atoms with Gasteiger partial charge in [0.05, 0.1) is 26.0 Å². The van der Waals surface area contributed by atoms with Crippen molar-refractivity contribution in [3.63, 3.8) is 0 Å². The second-order valence-corrected chi connectivity index (χ2v) is 6.72. The Balaban J connectivity index is 1.56. The van der Waals surface area contributed by atoms with Crippen LogP contribution in [0.25, 0.3) is 0 Å². The van der Waals surface area contributed by atoms with Crippen molar-refractivity contribution in [3.8, 4) is 5.75 Å². The van der Waals surface area contributed by atoms with Gasteiger partial charge in [0, 0.05) is 26.2 Å². The van der Waals surface area contributed by atoms with E-state index in [1.54, 1.807) is 15.8 Å². The molecular weight excluding hydrogens is 334 g/mol. The molecule has 1 aromatic heterocycles. The maximum atomic E-state index is 12.6. The second kappa shape index (κ2) is 8.33. The van der Waals surface area contributed by atoms with Gasteiger partial charge in [-0.1, -0.05) is 18.2 Å². The number of benzene rings is 1. The zero-order valence-corrected chi connectivity index (χ0v) is 15.0. The van der Waals surface area contributed by atoms with Gasteiger partial charge in [0.15, 0.2) is 0 Å².